The van der Waals surface area contributed by atoms with E-state index in [-0.39, 0.29) is 5.78 Å². The molecule has 0 aliphatic heterocycles. The summed E-state index contributed by atoms with van der Waals surface area (Å²) in [5, 5.41) is 0.650. The molecule has 2 aromatic carbocycles. The van der Waals surface area contributed by atoms with Gasteiger partial charge in [0.2, 0.25) is 0 Å². The van der Waals surface area contributed by atoms with Gasteiger partial charge in [0, 0.05) is 5.56 Å². The molecule has 0 N–H and O–H groups in total. The first-order valence-electron chi connectivity index (χ1n) is 7.19. The summed E-state index contributed by atoms with van der Waals surface area (Å²) >= 11 is 1.43. The lowest BCUT2D eigenvalue weighted by Crippen LogP contribution is -2.03. The summed E-state index contributed by atoms with van der Waals surface area (Å²) in [6.07, 6.45) is 3.51. The van der Waals surface area contributed by atoms with Gasteiger partial charge in [0.25, 0.3) is 0 Å². The number of hydrogen-bond acceptors (Lipinski definition) is 4. The molecule has 0 spiro atoms. The van der Waals surface area contributed by atoms with Crippen molar-refractivity contribution in [3.05, 3.63) is 77.6 Å². The van der Waals surface area contributed by atoms with E-state index in [1.165, 1.54) is 11.8 Å². The van der Waals surface area contributed by atoms with E-state index in [0.29, 0.717) is 22.0 Å². The molecule has 3 nitrogen and oxygen atoms in total. The quantitative estimate of drug-likeness (QED) is 0.469. The van der Waals surface area contributed by atoms with Crippen LogP contribution in [0.4, 0.5) is 0 Å². The highest BCUT2D eigenvalue weighted by atomic mass is 32.2. The number of carbonyl (C=O) groups excluding carboxylic acids is 1. The first-order chi connectivity index (χ1) is 11.2. The molecule has 23 heavy (non-hydrogen) atoms. The Bertz CT molecular complexity index is 804. The number of benzene rings is 2. The van der Waals surface area contributed by atoms with E-state index in [1.54, 1.807) is 30.5 Å². The zero-order valence-corrected chi connectivity index (χ0v) is 13.7. The van der Waals surface area contributed by atoms with Gasteiger partial charge < -0.3 is 9.15 Å². The third kappa shape index (κ3) is 3.32. The molecule has 0 aliphatic rings. The van der Waals surface area contributed by atoms with E-state index in [1.807, 2.05) is 43.5 Å². The molecule has 0 bridgehead atoms. The lowest BCUT2D eigenvalue weighted by molar-refractivity contribution is 0.103. The number of ketones is 1. The van der Waals surface area contributed by atoms with Gasteiger partial charge in [-0.25, -0.2) is 0 Å². The number of para-hydroxylation sites is 1. The van der Waals surface area contributed by atoms with Crippen LogP contribution >= 0.6 is 11.8 Å². The van der Waals surface area contributed by atoms with Crippen LogP contribution in [0.25, 0.3) is 0 Å². The van der Waals surface area contributed by atoms with Gasteiger partial charge >= 0.3 is 0 Å². The second-order valence-corrected chi connectivity index (χ2v) is 5.83. The second-order valence-electron chi connectivity index (χ2n) is 5.05. The molecular weight excluding hydrogens is 308 g/mol. The molecule has 0 saturated heterocycles. The SMILES string of the molecule is CSc1occ(C)c1C(=O)c1ccc(Oc2ccccc2)cc1. The van der Waals surface area contributed by atoms with Crippen LogP contribution in [0.15, 0.2) is 70.4 Å². The minimum atomic E-state index is -0.0353. The Kier molecular flexibility index (Phi) is 4.53. The molecular formula is C19H16O3S. The number of ether oxygens (including phenoxy) is 1. The summed E-state index contributed by atoms with van der Waals surface area (Å²) in [6.45, 7) is 1.88. The van der Waals surface area contributed by atoms with Crippen LogP contribution in [0.3, 0.4) is 0 Å². The molecule has 116 valence electrons. The van der Waals surface area contributed by atoms with Crippen LogP contribution in [-0.2, 0) is 0 Å². The van der Waals surface area contributed by atoms with Crippen LogP contribution in [-0.4, -0.2) is 12.0 Å². The van der Waals surface area contributed by atoms with Gasteiger partial charge in [-0.1, -0.05) is 30.0 Å². The predicted octanol–water partition coefficient (Wildman–Crippen LogP) is 5.33. The Morgan fingerprint density at radius 2 is 1.65 bits per heavy atom. The zero-order chi connectivity index (χ0) is 16.2. The lowest BCUT2D eigenvalue weighted by Gasteiger charge is -2.07. The van der Waals surface area contributed by atoms with Crippen molar-refractivity contribution in [3.63, 3.8) is 0 Å². The van der Waals surface area contributed by atoms with Crippen molar-refractivity contribution in [3.8, 4) is 11.5 Å². The van der Waals surface area contributed by atoms with E-state index in [9.17, 15) is 4.79 Å². The van der Waals surface area contributed by atoms with Gasteiger partial charge in [-0.05, 0) is 55.1 Å². The van der Waals surface area contributed by atoms with Gasteiger partial charge in [-0.15, -0.1) is 0 Å². The van der Waals surface area contributed by atoms with Crippen molar-refractivity contribution in [2.24, 2.45) is 0 Å². The molecule has 0 radical (unpaired) electrons. The Hall–Kier alpha value is -2.46. The molecule has 0 atom stereocenters. The van der Waals surface area contributed by atoms with Crippen LogP contribution in [0.1, 0.15) is 21.5 Å². The third-order valence-electron chi connectivity index (χ3n) is 3.45. The average molecular weight is 324 g/mol. The Morgan fingerprint density at radius 1 is 1.00 bits per heavy atom. The van der Waals surface area contributed by atoms with Crippen molar-refractivity contribution in [2.75, 3.05) is 6.26 Å². The standard InChI is InChI=1S/C19H16O3S/c1-13-12-21-19(23-2)17(13)18(20)14-8-10-16(11-9-14)22-15-6-4-3-5-7-15/h3-12H,1-2H3. The first-order valence-corrected chi connectivity index (χ1v) is 8.41. The minimum Gasteiger partial charge on any atom is -0.457 e. The van der Waals surface area contributed by atoms with Gasteiger partial charge in [0.05, 0.1) is 11.8 Å². The predicted molar refractivity (Wildman–Crippen MR) is 91.6 cm³/mol. The zero-order valence-electron chi connectivity index (χ0n) is 12.9. The number of carbonyl (C=O) groups is 1. The topological polar surface area (TPSA) is 39.4 Å². The smallest absolute Gasteiger partial charge is 0.197 e. The van der Waals surface area contributed by atoms with E-state index >= 15 is 0 Å². The molecule has 4 heteroatoms. The minimum absolute atomic E-state index is 0.0353. The van der Waals surface area contributed by atoms with Gasteiger partial charge in [0.15, 0.2) is 10.9 Å². The van der Waals surface area contributed by atoms with E-state index in [0.717, 1.165) is 11.3 Å². The molecule has 0 fully saturated rings. The average Bonchev–Trinajstić information content (AvgIpc) is 2.96. The maximum atomic E-state index is 12.7. The second kappa shape index (κ2) is 6.75. The van der Waals surface area contributed by atoms with Crippen molar-refractivity contribution in [2.45, 2.75) is 12.0 Å². The van der Waals surface area contributed by atoms with Crippen molar-refractivity contribution >= 4 is 17.5 Å². The fraction of sp³-hybridized carbons (Fsp3) is 0.105. The fourth-order valence-corrected chi connectivity index (χ4v) is 2.89. The number of aryl methyl sites for hydroxylation is 1. The van der Waals surface area contributed by atoms with Crippen LogP contribution in [0.2, 0.25) is 0 Å². The number of hydrogen-bond donors (Lipinski definition) is 0. The molecule has 3 aromatic rings. The largest absolute Gasteiger partial charge is 0.457 e. The van der Waals surface area contributed by atoms with Gasteiger partial charge in [-0.2, -0.15) is 0 Å². The number of rotatable bonds is 5. The molecule has 0 saturated carbocycles. The van der Waals surface area contributed by atoms with E-state index < -0.39 is 0 Å². The van der Waals surface area contributed by atoms with E-state index in [2.05, 4.69) is 0 Å². The molecule has 0 amide bonds. The molecule has 0 unspecified atom stereocenters. The van der Waals surface area contributed by atoms with E-state index in [4.69, 9.17) is 9.15 Å². The lowest BCUT2D eigenvalue weighted by atomic mass is 10.0. The maximum Gasteiger partial charge on any atom is 0.197 e. The molecule has 1 heterocycles. The van der Waals surface area contributed by atoms with Crippen molar-refractivity contribution < 1.29 is 13.9 Å². The molecule has 0 aliphatic carbocycles. The summed E-state index contributed by atoms with van der Waals surface area (Å²) in [5.74, 6) is 1.43. The third-order valence-corrected chi connectivity index (χ3v) is 4.12. The maximum absolute atomic E-state index is 12.7. The van der Waals surface area contributed by atoms with Crippen molar-refractivity contribution in [1.29, 1.82) is 0 Å². The molecule has 3 rings (SSSR count). The van der Waals surface area contributed by atoms with Gasteiger partial charge in [-0.3, -0.25) is 4.79 Å². The number of furan rings is 1. The fourth-order valence-electron chi connectivity index (χ4n) is 2.29. The number of thioether (sulfide) groups is 1. The molecule has 1 aromatic heterocycles. The first kappa shape index (κ1) is 15.4. The van der Waals surface area contributed by atoms with Crippen LogP contribution in [0, 0.1) is 6.92 Å². The van der Waals surface area contributed by atoms with Crippen LogP contribution in [0.5, 0.6) is 11.5 Å². The Morgan fingerprint density at radius 3 is 2.30 bits per heavy atom. The summed E-state index contributed by atoms with van der Waals surface area (Å²) in [6, 6.07) is 16.7. The summed E-state index contributed by atoms with van der Waals surface area (Å²) < 4.78 is 11.1. The normalized spacial score (nSPS) is 10.5. The van der Waals surface area contributed by atoms with Gasteiger partial charge in [0.1, 0.15) is 11.5 Å². The monoisotopic (exact) mass is 324 g/mol. The summed E-state index contributed by atoms with van der Waals surface area (Å²) in [4.78, 5) is 12.7. The van der Waals surface area contributed by atoms with Crippen LogP contribution < -0.4 is 4.74 Å². The highest BCUT2D eigenvalue weighted by Gasteiger charge is 2.19. The summed E-state index contributed by atoms with van der Waals surface area (Å²) in [7, 11) is 0. The summed E-state index contributed by atoms with van der Waals surface area (Å²) in [5.41, 5.74) is 2.10. The highest BCUT2D eigenvalue weighted by Crippen LogP contribution is 2.28. The van der Waals surface area contributed by atoms with Crippen molar-refractivity contribution in [1.82, 2.24) is 0 Å². The Labute approximate surface area is 139 Å². The highest BCUT2D eigenvalue weighted by molar-refractivity contribution is 7.98. The Balaban J connectivity index is 1.82.